The highest BCUT2D eigenvalue weighted by molar-refractivity contribution is 5.91. The molecular weight excluding hydrogens is 430 g/mol. The van der Waals surface area contributed by atoms with Crippen LogP contribution in [0.25, 0.3) is 0 Å². The quantitative estimate of drug-likeness (QED) is 0.301. The number of likely N-dealkylation sites (N-methyl/N-ethyl adjacent to an activating group) is 1. The molecule has 0 spiro atoms. The zero-order valence-electron chi connectivity index (χ0n) is 21.4. The fraction of sp³-hybridized carbons (Fsp3) is 0.577. The summed E-state index contributed by atoms with van der Waals surface area (Å²) >= 11 is 0. The van der Waals surface area contributed by atoms with E-state index in [1.54, 1.807) is 0 Å². The maximum absolute atomic E-state index is 12.7. The molecule has 34 heavy (non-hydrogen) atoms. The molecule has 1 aliphatic carbocycles. The molecule has 1 fully saturated rings. The van der Waals surface area contributed by atoms with E-state index in [4.69, 9.17) is 0 Å². The Balaban J connectivity index is 0.00000281. The molecule has 1 unspecified atom stereocenters. The molecule has 0 bridgehead atoms. The van der Waals surface area contributed by atoms with E-state index in [9.17, 15) is 14.4 Å². The van der Waals surface area contributed by atoms with E-state index in [0.29, 0.717) is 25.6 Å². The summed E-state index contributed by atoms with van der Waals surface area (Å²) in [6.45, 7) is 11.1. The molecule has 190 valence electrons. The van der Waals surface area contributed by atoms with Gasteiger partial charge in [0.25, 0.3) is 0 Å². The summed E-state index contributed by atoms with van der Waals surface area (Å²) < 4.78 is 0. The van der Waals surface area contributed by atoms with E-state index >= 15 is 0 Å². The molecule has 0 radical (unpaired) electrons. The molecule has 1 aromatic carbocycles. The van der Waals surface area contributed by atoms with Gasteiger partial charge in [-0.15, -0.1) is 0 Å². The first-order valence-corrected chi connectivity index (χ1v) is 12.4. The van der Waals surface area contributed by atoms with Crippen LogP contribution in [0.3, 0.4) is 0 Å². The lowest BCUT2D eigenvalue weighted by Crippen LogP contribution is -2.51. The number of amides is 3. The van der Waals surface area contributed by atoms with Crippen molar-refractivity contribution in [2.45, 2.75) is 72.4 Å². The van der Waals surface area contributed by atoms with Gasteiger partial charge in [-0.25, -0.2) is 0 Å². The van der Waals surface area contributed by atoms with Gasteiger partial charge in [-0.3, -0.25) is 14.4 Å². The van der Waals surface area contributed by atoms with Gasteiger partial charge in [0, 0.05) is 31.2 Å². The zero-order chi connectivity index (χ0) is 25.3. The zero-order valence-corrected chi connectivity index (χ0v) is 21.4. The number of benzene rings is 1. The predicted octanol–water partition coefficient (Wildman–Crippen LogP) is 2.02. The Hall–Kier alpha value is -2.87. The highest BCUT2D eigenvalue weighted by Crippen LogP contribution is 2.27. The SMILES string of the molecule is CC.CCNC(=O)CNC(=O)C(Cc1ccccc1)NC(=O)CNC(CNC(C)C)=C1CCC1. The maximum atomic E-state index is 12.7. The standard InChI is InChI=1S/C24H37N5O3.C2H6/c1-4-25-22(30)15-28-24(32)20(13-18-9-6-5-7-10-18)29-23(31)16-27-21(14-26-17(2)3)19-11-8-12-19;1-2/h5-7,9-10,17,20,26-27H,4,8,11-16H2,1-3H3,(H,25,30)(H,28,32)(H,29,31);1-2H3. The number of carbonyl (C=O) groups excluding carboxylic acids is 3. The Morgan fingerprint density at radius 3 is 2.09 bits per heavy atom. The molecule has 0 heterocycles. The predicted molar refractivity (Wildman–Crippen MR) is 137 cm³/mol. The fourth-order valence-corrected chi connectivity index (χ4v) is 3.32. The van der Waals surface area contributed by atoms with Crippen molar-refractivity contribution >= 4 is 17.7 Å². The van der Waals surface area contributed by atoms with Crippen molar-refractivity contribution in [2.24, 2.45) is 0 Å². The van der Waals surface area contributed by atoms with E-state index in [-0.39, 0.29) is 30.8 Å². The summed E-state index contributed by atoms with van der Waals surface area (Å²) in [4.78, 5) is 37.1. The summed E-state index contributed by atoms with van der Waals surface area (Å²) in [5.41, 5.74) is 3.35. The van der Waals surface area contributed by atoms with Gasteiger partial charge in [0.15, 0.2) is 0 Å². The molecule has 1 saturated carbocycles. The van der Waals surface area contributed by atoms with Crippen molar-refractivity contribution < 1.29 is 14.4 Å². The lowest BCUT2D eigenvalue weighted by Gasteiger charge is -2.25. The van der Waals surface area contributed by atoms with E-state index < -0.39 is 6.04 Å². The van der Waals surface area contributed by atoms with Gasteiger partial charge in [0.05, 0.1) is 13.1 Å². The van der Waals surface area contributed by atoms with Crippen LogP contribution in [0.1, 0.15) is 59.4 Å². The largest absolute Gasteiger partial charge is 0.379 e. The lowest BCUT2D eigenvalue weighted by molar-refractivity contribution is -0.130. The third-order valence-electron chi connectivity index (χ3n) is 5.26. The number of allylic oxidation sites excluding steroid dienone is 1. The van der Waals surface area contributed by atoms with E-state index in [2.05, 4.69) is 40.4 Å². The van der Waals surface area contributed by atoms with Gasteiger partial charge in [-0.1, -0.05) is 58.0 Å². The van der Waals surface area contributed by atoms with Crippen LogP contribution in [-0.4, -0.2) is 56.0 Å². The van der Waals surface area contributed by atoms with E-state index in [1.807, 2.05) is 51.1 Å². The Kier molecular flexibility index (Phi) is 14.3. The van der Waals surface area contributed by atoms with Gasteiger partial charge in [-0.05, 0) is 37.3 Å². The van der Waals surface area contributed by atoms with Gasteiger partial charge >= 0.3 is 0 Å². The number of hydrogen-bond acceptors (Lipinski definition) is 5. The first-order valence-electron chi connectivity index (χ1n) is 12.4. The van der Waals surface area contributed by atoms with Crippen molar-refractivity contribution in [1.82, 2.24) is 26.6 Å². The summed E-state index contributed by atoms with van der Waals surface area (Å²) in [6.07, 6.45) is 3.64. The van der Waals surface area contributed by atoms with Gasteiger partial charge in [0.2, 0.25) is 17.7 Å². The monoisotopic (exact) mass is 473 g/mol. The average Bonchev–Trinajstić information content (AvgIpc) is 2.79. The first kappa shape index (κ1) is 29.2. The number of rotatable bonds is 13. The second kappa shape index (κ2) is 16.7. The third kappa shape index (κ3) is 11.3. The van der Waals surface area contributed by atoms with E-state index in [0.717, 1.165) is 24.1 Å². The van der Waals surface area contributed by atoms with Crippen LogP contribution in [0.5, 0.6) is 0 Å². The third-order valence-corrected chi connectivity index (χ3v) is 5.26. The van der Waals surface area contributed by atoms with Crippen LogP contribution in [-0.2, 0) is 20.8 Å². The molecular formula is C26H43N5O3. The number of carbonyl (C=O) groups is 3. The number of nitrogens with one attached hydrogen (secondary N) is 5. The van der Waals surface area contributed by atoms with Gasteiger partial charge < -0.3 is 26.6 Å². The molecule has 8 nitrogen and oxygen atoms in total. The molecule has 1 aromatic rings. The molecule has 3 amide bonds. The smallest absolute Gasteiger partial charge is 0.243 e. The average molecular weight is 474 g/mol. The Bertz CT molecular complexity index is 787. The minimum absolute atomic E-state index is 0.0908. The Labute approximate surface area is 204 Å². The second-order valence-corrected chi connectivity index (χ2v) is 8.31. The topological polar surface area (TPSA) is 111 Å². The van der Waals surface area contributed by atoms with Crippen LogP contribution in [0.4, 0.5) is 0 Å². The van der Waals surface area contributed by atoms with Crippen molar-refractivity contribution in [3.05, 3.63) is 47.2 Å². The van der Waals surface area contributed by atoms with Crippen LogP contribution < -0.4 is 26.6 Å². The minimum atomic E-state index is -0.769. The van der Waals surface area contributed by atoms with Crippen molar-refractivity contribution in [3.8, 4) is 0 Å². The van der Waals surface area contributed by atoms with Crippen molar-refractivity contribution in [1.29, 1.82) is 0 Å². The molecule has 2 rings (SSSR count). The maximum Gasteiger partial charge on any atom is 0.243 e. The molecule has 0 aromatic heterocycles. The van der Waals surface area contributed by atoms with Crippen LogP contribution in [0, 0.1) is 0 Å². The molecule has 0 saturated heterocycles. The highest BCUT2D eigenvalue weighted by atomic mass is 16.2. The molecule has 8 heteroatoms. The summed E-state index contributed by atoms with van der Waals surface area (Å²) in [5.74, 6) is -0.907. The van der Waals surface area contributed by atoms with Crippen LogP contribution in [0.15, 0.2) is 41.6 Å². The normalized spacial score (nSPS) is 13.1. The van der Waals surface area contributed by atoms with E-state index in [1.165, 1.54) is 12.0 Å². The molecule has 0 aliphatic heterocycles. The Morgan fingerprint density at radius 2 is 1.53 bits per heavy atom. The van der Waals surface area contributed by atoms with Crippen molar-refractivity contribution in [2.75, 3.05) is 26.2 Å². The highest BCUT2D eigenvalue weighted by Gasteiger charge is 2.22. The van der Waals surface area contributed by atoms with Crippen molar-refractivity contribution in [3.63, 3.8) is 0 Å². The van der Waals surface area contributed by atoms with Crippen LogP contribution >= 0.6 is 0 Å². The fourth-order valence-electron chi connectivity index (χ4n) is 3.32. The summed E-state index contributed by atoms with van der Waals surface area (Å²) in [5, 5.41) is 14.7. The second-order valence-electron chi connectivity index (χ2n) is 8.31. The summed E-state index contributed by atoms with van der Waals surface area (Å²) in [7, 11) is 0. The first-order chi connectivity index (χ1) is 16.4. The summed E-state index contributed by atoms with van der Waals surface area (Å²) in [6, 6.07) is 9.08. The molecule has 1 aliphatic rings. The minimum Gasteiger partial charge on any atom is -0.379 e. The van der Waals surface area contributed by atoms with Gasteiger partial charge in [-0.2, -0.15) is 0 Å². The number of hydrogen-bond donors (Lipinski definition) is 5. The lowest BCUT2D eigenvalue weighted by atomic mass is 9.90. The van der Waals surface area contributed by atoms with Gasteiger partial charge in [0.1, 0.15) is 6.04 Å². The molecule has 1 atom stereocenters. The van der Waals surface area contributed by atoms with Crippen LogP contribution in [0.2, 0.25) is 0 Å². The Morgan fingerprint density at radius 1 is 0.882 bits per heavy atom. The molecule has 5 N–H and O–H groups in total.